The normalized spacial score (nSPS) is 12.9. The molecule has 0 unspecified atom stereocenters. The molecular weight excluding hydrogens is 262 g/mol. The molecule has 0 atom stereocenters. The van der Waals surface area contributed by atoms with Crippen LogP contribution in [0.3, 0.4) is 0 Å². The molecule has 0 bridgehead atoms. The van der Waals surface area contributed by atoms with Gasteiger partial charge in [0.25, 0.3) is 0 Å². The Morgan fingerprint density at radius 3 is 2.55 bits per heavy atom. The molecule has 0 spiro atoms. The molecule has 1 aliphatic rings. The number of amides is 3. The number of likely N-dealkylation sites (N-methyl/N-ethyl adjacent to an activating group) is 1. The molecule has 0 aliphatic carbocycles. The zero-order valence-corrected chi connectivity index (χ0v) is 11.0. The number of benzene rings is 1. The summed E-state index contributed by atoms with van der Waals surface area (Å²) in [4.78, 5) is 36.6. The molecule has 1 heterocycles. The lowest BCUT2D eigenvalue weighted by Gasteiger charge is -2.23. The third-order valence-electron chi connectivity index (χ3n) is 3.17. The molecule has 20 heavy (non-hydrogen) atoms. The minimum Gasteiger partial charge on any atom is -0.478 e. The van der Waals surface area contributed by atoms with Crippen molar-refractivity contribution in [1.29, 1.82) is 0 Å². The van der Waals surface area contributed by atoms with Crippen LogP contribution in [0.25, 0.3) is 0 Å². The third-order valence-corrected chi connectivity index (χ3v) is 3.17. The Kier molecular flexibility index (Phi) is 3.60. The van der Waals surface area contributed by atoms with Crippen LogP contribution in [0.15, 0.2) is 18.2 Å². The lowest BCUT2D eigenvalue weighted by Crippen LogP contribution is -2.42. The Morgan fingerprint density at radius 1 is 1.30 bits per heavy atom. The van der Waals surface area contributed by atoms with Gasteiger partial charge < -0.3 is 20.6 Å². The molecule has 3 amide bonds. The summed E-state index contributed by atoms with van der Waals surface area (Å²) in [6, 6.07) is 4.48. The van der Waals surface area contributed by atoms with Crippen LogP contribution in [0.2, 0.25) is 0 Å². The van der Waals surface area contributed by atoms with Crippen LogP contribution in [-0.4, -0.2) is 46.4 Å². The number of nitrogens with zero attached hydrogens (tertiary/aromatic N) is 2. The molecule has 106 valence electrons. The molecule has 1 aromatic carbocycles. The number of carboxylic acid groups (broad SMARTS) is 1. The number of fused-ring (bicyclic) bond motifs is 1. The molecule has 0 aromatic heterocycles. The van der Waals surface area contributed by atoms with Gasteiger partial charge in [-0.25, -0.2) is 9.59 Å². The number of primary amides is 1. The molecule has 7 heteroatoms. The number of carbonyl (C=O) groups excluding carboxylic acids is 2. The van der Waals surface area contributed by atoms with E-state index in [1.165, 1.54) is 18.0 Å². The summed E-state index contributed by atoms with van der Waals surface area (Å²) in [5.74, 6) is -1.57. The van der Waals surface area contributed by atoms with E-state index in [9.17, 15) is 14.4 Å². The first-order valence-corrected chi connectivity index (χ1v) is 6.02. The zero-order chi connectivity index (χ0) is 14.9. The molecular formula is C13H15N3O4. The summed E-state index contributed by atoms with van der Waals surface area (Å²) in [6.07, 6.45) is 0. The van der Waals surface area contributed by atoms with Crippen LogP contribution in [0.4, 0.5) is 4.79 Å². The van der Waals surface area contributed by atoms with Crippen LogP contribution < -0.4 is 5.73 Å². The summed E-state index contributed by atoms with van der Waals surface area (Å²) >= 11 is 0. The maximum atomic E-state index is 12.1. The van der Waals surface area contributed by atoms with Gasteiger partial charge in [-0.2, -0.15) is 0 Å². The second-order valence-corrected chi connectivity index (χ2v) is 4.75. The summed E-state index contributed by atoms with van der Waals surface area (Å²) < 4.78 is 0. The van der Waals surface area contributed by atoms with E-state index in [0.29, 0.717) is 13.1 Å². The molecule has 1 aliphatic heterocycles. The number of hydrogen-bond donors (Lipinski definition) is 2. The number of urea groups is 1. The maximum Gasteiger partial charge on any atom is 0.335 e. The largest absolute Gasteiger partial charge is 0.478 e. The highest BCUT2D eigenvalue weighted by atomic mass is 16.4. The predicted molar refractivity (Wildman–Crippen MR) is 69.9 cm³/mol. The van der Waals surface area contributed by atoms with Crippen molar-refractivity contribution >= 4 is 17.9 Å². The van der Waals surface area contributed by atoms with Gasteiger partial charge in [-0.05, 0) is 23.3 Å². The molecule has 1 aromatic rings. The molecule has 7 nitrogen and oxygen atoms in total. The van der Waals surface area contributed by atoms with E-state index in [1.54, 1.807) is 17.0 Å². The second kappa shape index (κ2) is 5.20. The minimum atomic E-state index is -0.997. The van der Waals surface area contributed by atoms with Gasteiger partial charge in [0.15, 0.2) is 0 Å². The Hall–Kier alpha value is -2.57. The molecule has 3 N–H and O–H groups in total. The highest BCUT2D eigenvalue weighted by Gasteiger charge is 2.26. The van der Waals surface area contributed by atoms with Gasteiger partial charge in [-0.3, -0.25) is 4.79 Å². The van der Waals surface area contributed by atoms with Gasteiger partial charge in [-0.15, -0.1) is 0 Å². The average Bonchev–Trinajstić information content (AvgIpc) is 2.79. The zero-order valence-electron chi connectivity index (χ0n) is 11.0. The fraction of sp³-hybridized carbons (Fsp3) is 0.308. The second-order valence-electron chi connectivity index (χ2n) is 4.75. The van der Waals surface area contributed by atoms with E-state index in [4.69, 9.17) is 10.8 Å². The highest BCUT2D eigenvalue weighted by molar-refractivity contribution is 5.88. The number of rotatable bonds is 3. The van der Waals surface area contributed by atoms with E-state index in [-0.39, 0.29) is 18.1 Å². The maximum absolute atomic E-state index is 12.1. The van der Waals surface area contributed by atoms with Crippen LogP contribution in [0.1, 0.15) is 21.5 Å². The van der Waals surface area contributed by atoms with E-state index < -0.39 is 11.9 Å². The van der Waals surface area contributed by atoms with Gasteiger partial charge in [0.1, 0.15) is 6.54 Å². The van der Waals surface area contributed by atoms with E-state index in [1.807, 2.05) is 0 Å². The lowest BCUT2D eigenvalue weighted by molar-refractivity contribution is -0.118. The summed E-state index contributed by atoms with van der Waals surface area (Å²) in [6.45, 7) is 0.585. The topological polar surface area (TPSA) is 104 Å². The number of nitrogens with two attached hydrogens (primary N) is 1. The first-order valence-electron chi connectivity index (χ1n) is 6.02. The predicted octanol–water partition coefficient (Wildman–Crippen LogP) is 0.238. The Labute approximate surface area is 115 Å². The molecule has 2 rings (SSSR count). The summed E-state index contributed by atoms with van der Waals surface area (Å²) in [5, 5.41) is 8.94. The van der Waals surface area contributed by atoms with Gasteiger partial charge >= 0.3 is 12.0 Å². The molecule has 0 radical (unpaired) electrons. The van der Waals surface area contributed by atoms with Crippen LogP contribution in [0, 0.1) is 0 Å². The third kappa shape index (κ3) is 2.71. The molecule has 0 saturated carbocycles. The van der Waals surface area contributed by atoms with Crippen molar-refractivity contribution in [3.63, 3.8) is 0 Å². The number of hydrogen-bond acceptors (Lipinski definition) is 3. The number of carboxylic acids is 1. The standard InChI is InChI=1S/C13H15N3O4/c1-15(7-11(14)17)13(20)16-5-9-3-2-8(12(18)19)4-10(9)6-16/h2-4H,5-7H2,1H3,(H2,14,17)(H,18,19). The first kappa shape index (κ1) is 13.9. The summed E-state index contributed by atoms with van der Waals surface area (Å²) in [7, 11) is 1.50. The Bertz CT molecular complexity index is 585. The first-order chi connectivity index (χ1) is 9.38. The lowest BCUT2D eigenvalue weighted by atomic mass is 10.1. The van der Waals surface area contributed by atoms with Crippen molar-refractivity contribution in [2.75, 3.05) is 13.6 Å². The van der Waals surface area contributed by atoms with E-state index in [2.05, 4.69) is 0 Å². The van der Waals surface area contributed by atoms with Gasteiger partial charge in [-0.1, -0.05) is 6.07 Å². The van der Waals surface area contributed by atoms with Gasteiger partial charge in [0.05, 0.1) is 5.56 Å². The van der Waals surface area contributed by atoms with Crippen molar-refractivity contribution in [2.45, 2.75) is 13.1 Å². The average molecular weight is 277 g/mol. The van der Waals surface area contributed by atoms with E-state index in [0.717, 1.165) is 11.1 Å². The van der Waals surface area contributed by atoms with Crippen molar-refractivity contribution in [2.24, 2.45) is 5.73 Å². The van der Waals surface area contributed by atoms with Crippen LogP contribution in [0.5, 0.6) is 0 Å². The van der Waals surface area contributed by atoms with E-state index >= 15 is 0 Å². The van der Waals surface area contributed by atoms with Crippen molar-refractivity contribution in [3.8, 4) is 0 Å². The number of carbonyl (C=O) groups is 3. The van der Waals surface area contributed by atoms with Crippen LogP contribution in [-0.2, 0) is 17.9 Å². The van der Waals surface area contributed by atoms with Crippen molar-refractivity contribution in [1.82, 2.24) is 9.80 Å². The fourth-order valence-electron chi connectivity index (χ4n) is 2.21. The smallest absolute Gasteiger partial charge is 0.335 e. The fourth-order valence-corrected chi connectivity index (χ4v) is 2.21. The minimum absolute atomic E-state index is 0.147. The summed E-state index contributed by atoms with van der Waals surface area (Å²) in [5.41, 5.74) is 6.97. The molecule has 0 saturated heterocycles. The Morgan fingerprint density at radius 2 is 1.95 bits per heavy atom. The van der Waals surface area contributed by atoms with Crippen LogP contribution >= 0.6 is 0 Å². The quantitative estimate of drug-likeness (QED) is 0.825. The van der Waals surface area contributed by atoms with Gasteiger partial charge in [0.2, 0.25) is 5.91 Å². The SMILES string of the molecule is CN(CC(N)=O)C(=O)N1Cc2ccc(C(=O)O)cc2C1. The van der Waals surface area contributed by atoms with Gasteiger partial charge in [0, 0.05) is 20.1 Å². The Balaban J connectivity index is 2.11. The van der Waals surface area contributed by atoms with Crippen molar-refractivity contribution < 1.29 is 19.5 Å². The molecule has 0 fully saturated rings. The van der Waals surface area contributed by atoms with Crippen molar-refractivity contribution in [3.05, 3.63) is 34.9 Å². The monoisotopic (exact) mass is 277 g/mol. The highest BCUT2D eigenvalue weighted by Crippen LogP contribution is 2.24. The number of aromatic carboxylic acids is 1.